The topological polar surface area (TPSA) is 22.0 Å². The van der Waals surface area contributed by atoms with Gasteiger partial charge < -0.3 is 4.57 Å². The van der Waals surface area contributed by atoms with E-state index in [4.69, 9.17) is 0 Å². The molecular formula is C38H23NO. The smallest absolute Gasteiger partial charge is 0.193 e. The normalized spacial score (nSPS) is 16.6. The highest BCUT2D eigenvalue weighted by atomic mass is 16.1. The minimum absolute atomic E-state index is 0.0878. The van der Waals surface area contributed by atoms with Gasteiger partial charge >= 0.3 is 0 Å². The van der Waals surface area contributed by atoms with Crippen LogP contribution in [0.1, 0.15) is 38.2 Å². The summed E-state index contributed by atoms with van der Waals surface area (Å²) in [5.41, 5.74) is 11.2. The molecule has 0 fully saturated rings. The van der Waals surface area contributed by atoms with Crippen LogP contribution >= 0.6 is 0 Å². The summed E-state index contributed by atoms with van der Waals surface area (Å²) in [4.78, 5) is 14.3. The predicted octanol–water partition coefficient (Wildman–Crippen LogP) is 8.69. The van der Waals surface area contributed by atoms with Crippen LogP contribution in [0.3, 0.4) is 0 Å². The van der Waals surface area contributed by atoms with Crippen LogP contribution in [-0.2, 0) is 5.41 Å². The van der Waals surface area contributed by atoms with Crippen LogP contribution in [-0.4, -0.2) is 10.4 Å². The molecule has 0 bridgehead atoms. The van der Waals surface area contributed by atoms with Gasteiger partial charge in [-0.25, -0.2) is 0 Å². The molecule has 1 atom stereocenters. The third-order valence-corrected chi connectivity index (χ3v) is 9.00. The minimum atomic E-state index is -0.629. The van der Waals surface area contributed by atoms with Crippen molar-refractivity contribution in [2.75, 3.05) is 0 Å². The van der Waals surface area contributed by atoms with Crippen LogP contribution in [0.2, 0.25) is 0 Å². The van der Waals surface area contributed by atoms with E-state index in [9.17, 15) is 4.79 Å². The quantitative estimate of drug-likeness (QED) is 0.217. The average Bonchev–Trinajstić information content (AvgIpc) is 3.37. The first-order valence-electron chi connectivity index (χ1n) is 13.7. The van der Waals surface area contributed by atoms with E-state index in [2.05, 4.69) is 114 Å². The number of carbonyl (C=O) groups is 1. The van der Waals surface area contributed by atoms with Gasteiger partial charge in [-0.15, -0.1) is 0 Å². The van der Waals surface area contributed by atoms with Gasteiger partial charge in [0.25, 0.3) is 0 Å². The molecule has 2 nitrogen and oxygen atoms in total. The van der Waals surface area contributed by atoms with E-state index in [1.165, 1.54) is 32.9 Å². The first-order valence-corrected chi connectivity index (χ1v) is 13.7. The molecule has 1 aliphatic carbocycles. The maximum absolute atomic E-state index is 14.3. The van der Waals surface area contributed by atoms with Crippen molar-refractivity contribution in [3.05, 3.63) is 173 Å². The SMILES string of the molecule is O=C1c2ccccc2C2(c3ccc(-c4ccccc4)cc31)c1ccccc1-n1c3ccccc3c3cccc2c31. The molecule has 9 rings (SSSR count). The zero-order valence-electron chi connectivity index (χ0n) is 21.6. The number of hydrogen-bond acceptors (Lipinski definition) is 1. The molecule has 186 valence electrons. The Morgan fingerprint density at radius 2 is 1.15 bits per heavy atom. The Hall–Kier alpha value is -5.21. The number of fused-ring (bicyclic) bond motifs is 11. The fraction of sp³-hybridized carbons (Fsp3) is 0.0263. The maximum Gasteiger partial charge on any atom is 0.193 e. The zero-order chi connectivity index (χ0) is 26.4. The summed E-state index contributed by atoms with van der Waals surface area (Å²) < 4.78 is 2.43. The number of hydrogen-bond donors (Lipinski definition) is 0. The van der Waals surface area contributed by atoms with Gasteiger partial charge in [-0.05, 0) is 51.6 Å². The molecule has 0 saturated heterocycles. The van der Waals surface area contributed by atoms with Crippen molar-refractivity contribution in [1.29, 1.82) is 0 Å². The van der Waals surface area contributed by atoms with E-state index in [-0.39, 0.29) is 5.78 Å². The highest BCUT2D eigenvalue weighted by Gasteiger charge is 2.50. The largest absolute Gasteiger partial charge is 0.309 e. The summed E-state index contributed by atoms with van der Waals surface area (Å²) in [5.74, 6) is 0.0878. The molecule has 0 N–H and O–H groups in total. The number of para-hydroxylation sites is 3. The van der Waals surface area contributed by atoms with Gasteiger partial charge in [0.15, 0.2) is 5.78 Å². The van der Waals surface area contributed by atoms with Gasteiger partial charge in [0.2, 0.25) is 0 Å². The molecule has 0 amide bonds. The van der Waals surface area contributed by atoms with E-state index in [1.807, 2.05) is 30.3 Å². The van der Waals surface area contributed by atoms with Gasteiger partial charge in [-0.1, -0.05) is 121 Å². The van der Waals surface area contributed by atoms with Crippen molar-refractivity contribution in [1.82, 2.24) is 4.57 Å². The number of benzene rings is 6. The lowest BCUT2D eigenvalue weighted by Crippen LogP contribution is -2.40. The molecule has 1 aromatic heterocycles. The monoisotopic (exact) mass is 509 g/mol. The standard InChI is InChI=1S/C38H23NO/c40-37-28-14-4-6-16-30(28)38(31-22-21-25(23-29(31)37)24-11-2-1-3-12-24)32-17-7-9-20-35(32)39-34-19-8-5-13-26(34)27-15-10-18-33(38)36(27)39/h1-23H. The molecule has 40 heavy (non-hydrogen) atoms. The van der Waals surface area contributed by atoms with Crippen molar-refractivity contribution in [2.45, 2.75) is 5.41 Å². The Morgan fingerprint density at radius 3 is 2.05 bits per heavy atom. The second-order valence-electron chi connectivity index (χ2n) is 10.8. The molecule has 1 spiro atoms. The highest BCUT2D eigenvalue weighted by Crippen LogP contribution is 2.57. The first-order chi connectivity index (χ1) is 19.8. The molecule has 2 aliphatic rings. The van der Waals surface area contributed by atoms with Crippen LogP contribution in [0.15, 0.2) is 140 Å². The summed E-state index contributed by atoms with van der Waals surface area (Å²) >= 11 is 0. The van der Waals surface area contributed by atoms with Crippen molar-refractivity contribution < 1.29 is 4.79 Å². The molecule has 2 heterocycles. The Morgan fingerprint density at radius 1 is 0.475 bits per heavy atom. The van der Waals surface area contributed by atoms with Gasteiger partial charge in [0, 0.05) is 21.9 Å². The Labute approximate surface area is 231 Å². The summed E-state index contributed by atoms with van der Waals surface area (Å²) in [7, 11) is 0. The molecular weight excluding hydrogens is 486 g/mol. The highest BCUT2D eigenvalue weighted by molar-refractivity contribution is 6.17. The summed E-state index contributed by atoms with van der Waals surface area (Å²) in [5, 5.41) is 2.48. The molecule has 2 heteroatoms. The lowest BCUT2D eigenvalue weighted by Gasteiger charge is -2.45. The van der Waals surface area contributed by atoms with Crippen molar-refractivity contribution in [3.63, 3.8) is 0 Å². The van der Waals surface area contributed by atoms with E-state index in [0.717, 1.165) is 39.1 Å². The predicted molar refractivity (Wildman–Crippen MR) is 162 cm³/mol. The van der Waals surface area contributed by atoms with Crippen LogP contribution in [0.4, 0.5) is 0 Å². The fourth-order valence-corrected chi connectivity index (χ4v) is 7.45. The lowest BCUT2D eigenvalue weighted by molar-refractivity contribution is 0.103. The van der Waals surface area contributed by atoms with Crippen LogP contribution in [0.5, 0.6) is 0 Å². The summed E-state index contributed by atoms with van der Waals surface area (Å²) in [6, 6.07) is 49.2. The second kappa shape index (κ2) is 7.68. The molecule has 6 aromatic carbocycles. The number of aromatic nitrogens is 1. The van der Waals surface area contributed by atoms with Crippen molar-refractivity contribution in [2.24, 2.45) is 0 Å². The number of nitrogens with zero attached hydrogens (tertiary/aromatic N) is 1. The number of carbonyl (C=O) groups excluding carboxylic acids is 1. The third kappa shape index (κ3) is 2.51. The zero-order valence-corrected chi connectivity index (χ0v) is 21.6. The minimum Gasteiger partial charge on any atom is -0.309 e. The molecule has 0 radical (unpaired) electrons. The fourth-order valence-electron chi connectivity index (χ4n) is 7.45. The Bertz CT molecular complexity index is 2190. The molecule has 1 unspecified atom stereocenters. The van der Waals surface area contributed by atoms with Crippen LogP contribution in [0.25, 0.3) is 38.6 Å². The van der Waals surface area contributed by atoms with Gasteiger partial charge in [0.05, 0.1) is 22.1 Å². The first kappa shape index (κ1) is 21.7. The molecule has 1 aliphatic heterocycles. The van der Waals surface area contributed by atoms with Gasteiger partial charge in [0.1, 0.15) is 0 Å². The van der Waals surface area contributed by atoms with Crippen molar-refractivity contribution >= 4 is 27.6 Å². The van der Waals surface area contributed by atoms with Crippen LogP contribution < -0.4 is 0 Å². The van der Waals surface area contributed by atoms with Gasteiger partial charge in [-0.2, -0.15) is 0 Å². The van der Waals surface area contributed by atoms with Crippen LogP contribution in [0, 0.1) is 0 Å². The number of ketones is 1. The van der Waals surface area contributed by atoms with Crippen molar-refractivity contribution in [3.8, 4) is 16.8 Å². The average molecular weight is 510 g/mol. The summed E-state index contributed by atoms with van der Waals surface area (Å²) in [6.07, 6.45) is 0. The van der Waals surface area contributed by atoms with E-state index in [1.54, 1.807) is 0 Å². The lowest BCUT2D eigenvalue weighted by atomic mass is 9.58. The Balaban J connectivity index is 1.50. The molecule has 7 aromatic rings. The van der Waals surface area contributed by atoms with E-state index >= 15 is 0 Å². The van der Waals surface area contributed by atoms with Gasteiger partial charge in [-0.3, -0.25) is 4.79 Å². The van der Waals surface area contributed by atoms with E-state index < -0.39 is 5.41 Å². The maximum atomic E-state index is 14.3. The van der Waals surface area contributed by atoms with E-state index in [0.29, 0.717) is 0 Å². The number of rotatable bonds is 1. The Kier molecular flexibility index (Phi) is 4.16. The molecule has 0 saturated carbocycles. The summed E-state index contributed by atoms with van der Waals surface area (Å²) in [6.45, 7) is 0. The third-order valence-electron chi connectivity index (χ3n) is 9.00. The second-order valence-corrected chi connectivity index (χ2v) is 10.8.